The molecule has 0 saturated heterocycles. The number of fused-ring (bicyclic) bond motifs is 1. The van der Waals surface area contributed by atoms with Gasteiger partial charge in [0.05, 0.1) is 42.1 Å². The quantitative estimate of drug-likeness (QED) is 0.144. The van der Waals surface area contributed by atoms with Crippen LogP contribution in [0.1, 0.15) is 60.3 Å². The van der Waals surface area contributed by atoms with Crippen LogP contribution in [0, 0.1) is 0 Å². The average Bonchev–Trinajstić information content (AvgIpc) is 3.33. The van der Waals surface area contributed by atoms with E-state index in [0.717, 1.165) is 5.56 Å². The number of nitrogens with zero attached hydrogens (tertiary/aromatic N) is 4. The van der Waals surface area contributed by atoms with Gasteiger partial charge in [-0.2, -0.15) is 9.61 Å². The van der Waals surface area contributed by atoms with E-state index in [0.29, 0.717) is 66.1 Å². The number of nitrogen functional groups attached to an aromatic ring is 1. The van der Waals surface area contributed by atoms with Gasteiger partial charge in [-0.1, -0.05) is 12.6 Å². The van der Waals surface area contributed by atoms with Crippen LogP contribution in [0.15, 0.2) is 31.1 Å². The second-order valence-corrected chi connectivity index (χ2v) is 9.12. The second-order valence-electron chi connectivity index (χ2n) is 9.12. The average molecular weight is 510 g/mol. The van der Waals surface area contributed by atoms with Crippen molar-refractivity contribution in [2.75, 3.05) is 26.1 Å². The summed E-state index contributed by atoms with van der Waals surface area (Å²) >= 11 is 0. The number of hydrogen-bond donors (Lipinski definition) is 4. The van der Waals surface area contributed by atoms with Gasteiger partial charge in [-0.15, -0.1) is 0 Å². The monoisotopic (exact) mass is 509 g/mol. The van der Waals surface area contributed by atoms with Crippen LogP contribution in [-0.2, 0) is 14.3 Å². The van der Waals surface area contributed by atoms with Crippen LogP contribution in [0.5, 0.6) is 0 Å². The van der Waals surface area contributed by atoms with Gasteiger partial charge >= 0.3 is 0 Å². The van der Waals surface area contributed by atoms with Crippen LogP contribution < -0.4 is 16.9 Å². The summed E-state index contributed by atoms with van der Waals surface area (Å²) in [5.41, 5.74) is 16.4. The highest BCUT2D eigenvalue weighted by Gasteiger charge is 2.44. The smallest absolute Gasteiger partial charge is 0.275 e. The molecule has 196 valence electrons. The highest BCUT2D eigenvalue weighted by Crippen LogP contribution is 2.42. The number of Topliss-reactive ketones (excluding diaryl/α,β-unsaturated/α-hetero) is 1. The highest BCUT2D eigenvalue weighted by molar-refractivity contribution is 6.00. The van der Waals surface area contributed by atoms with E-state index in [1.54, 1.807) is 31.0 Å². The number of methoxy groups -OCH3 is 1. The van der Waals surface area contributed by atoms with Gasteiger partial charge < -0.3 is 20.9 Å². The van der Waals surface area contributed by atoms with Crippen molar-refractivity contribution in [3.05, 3.63) is 48.1 Å². The van der Waals surface area contributed by atoms with Crippen molar-refractivity contribution in [2.24, 2.45) is 5.73 Å². The zero-order valence-corrected chi connectivity index (χ0v) is 20.9. The number of rotatable bonds is 9. The van der Waals surface area contributed by atoms with Crippen LogP contribution in [0.3, 0.4) is 0 Å². The molecule has 0 bridgehead atoms. The molecule has 0 aromatic carbocycles. The molecule has 1 aliphatic carbocycles. The van der Waals surface area contributed by atoms with Crippen molar-refractivity contribution in [1.29, 1.82) is 0 Å². The van der Waals surface area contributed by atoms with Gasteiger partial charge in [0.15, 0.2) is 11.4 Å². The number of nitrogens with two attached hydrogens (primary N) is 2. The lowest BCUT2D eigenvalue weighted by Crippen LogP contribution is -2.50. The maximum atomic E-state index is 12.7. The number of ketones is 1. The van der Waals surface area contributed by atoms with Gasteiger partial charge in [0.2, 0.25) is 0 Å². The Kier molecular flexibility index (Phi) is 7.52. The fraction of sp³-hybridized carbons (Fsp3) is 0.400. The number of pyridine rings is 1. The maximum Gasteiger partial charge on any atom is 0.275 e. The fourth-order valence-corrected chi connectivity index (χ4v) is 4.85. The van der Waals surface area contributed by atoms with Gasteiger partial charge in [-0.05, 0) is 38.7 Å². The zero-order chi connectivity index (χ0) is 26.7. The summed E-state index contributed by atoms with van der Waals surface area (Å²) in [7, 11) is 1.54. The molecule has 37 heavy (non-hydrogen) atoms. The van der Waals surface area contributed by atoms with E-state index in [1.807, 2.05) is 6.07 Å². The third kappa shape index (κ3) is 4.90. The lowest BCUT2D eigenvalue weighted by atomic mass is 9.76. The predicted molar refractivity (Wildman–Crippen MR) is 136 cm³/mol. The summed E-state index contributed by atoms with van der Waals surface area (Å²) in [6, 6.07) is 3.60. The Labute approximate surface area is 213 Å². The van der Waals surface area contributed by atoms with Crippen molar-refractivity contribution in [3.63, 3.8) is 0 Å². The van der Waals surface area contributed by atoms with E-state index < -0.39 is 11.5 Å². The van der Waals surface area contributed by atoms with E-state index >= 15 is 0 Å². The molecule has 0 aliphatic heterocycles. The molecule has 12 heteroatoms. The van der Waals surface area contributed by atoms with Crippen LogP contribution in [-0.4, -0.2) is 62.4 Å². The first-order valence-electron chi connectivity index (χ1n) is 11.9. The number of aromatic nitrogens is 4. The minimum Gasteiger partial charge on any atom is -0.397 e. The molecular weight excluding hydrogens is 478 g/mol. The summed E-state index contributed by atoms with van der Waals surface area (Å²) in [6.45, 7) is 5.65. The Hall–Kier alpha value is -3.87. The number of hydrogen-bond acceptors (Lipinski definition) is 10. The van der Waals surface area contributed by atoms with E-state index in [1.165, 1.54) is 11.4 Å². The SMILES string of the molecule is C=C(N)c1ccc(-c2cnn3c(N)c(C(C)=O)c(C4CCC(OCCOC)(C(=O)NO)CC4)nc23)cn1. The minimum absolute atomic E-state index is 0.166. The maximum absolute atomic E-state index is 12.7. The van der Waals surface area contributed by atoms with E-state index in [2.05, 4.69) is 16.7 Å². The number of anilines is 1. The summed E-state index contributed by atoms with van der Waals surface area (Å²) in [5, 5.41) is 13.7. The van der Waals surface area contributed by atoms with Crippen LogP contribution in [0.4, 0.5) is 5.82 Å². The number of carbonyl (C=O) groups excluding carboxylic acids is 2. The lowest BCUT2D eigenvalue weighted by molar-refractivity contribution is -0.163. The van der Waals surface area contributed by atoms with Crippen molar-refractivity contribution >= 4 is 28.9 Å². The summed E-state index contributed by atoms with van der Waals surface area (Å²) in [6.07, 6.45) is 4.89. The van der Waals surface area contributed by atoms with Gasteiger partial charge in [0.1, 0.15) is 11.4 Å². The Morgan fingerprint density at radius 3 is 2.57 bits per heavy atom. The zero-order valence-electron chi connectivity index (χ0n) is 20.9. The molecule has 3 aromatic heterocycles. The number of amides is 1. The fourth-order valence-electron chi connectivity index (χ4n) is 4.85. The molecule has 6 N–H and O–H groups in total. The molecule has 0 spiro atoms. The molecule has 4 rings (SSSR count). The van der Waals surface area contributed by atoms with Crippen LogP contribution >= 0.6 is 0 Å². The third-order valence-electron chi connectivity index (χ3n) is 6.83. The number of carbonyl (C=O) groups is 2. The molecule has 1 amide bonds. The topological polar surface area (TPSA) is 180 Å². The van der Waals surface area contributed by atoms with Crippen molar-refractivity contribution in [1.82, 2.24) is 25.1 Å². The first-order chi connectivity index (χ1) is 17.7. The Morgan fingerprint density at radius 1 is 1.27 bits per heavy atom. The van der Waals surface area contributed by atoms with Crippen LogP contribution in [0.25, 0.3) is 22.5 Å². The molecule has 12 nitrogen and oxygen atoms in total. The third-order valence-corrected chi connectivity index (χ3v) is 6.83. The normalized spacial score (nSPS) is 19.6. The molecule has 1 aliphatic rings. The molecule has 1 fully saturated rings. The highest BCUT2D eigenvalue weighted by atomic mass is 16.5. The number of nitrogens with one attached hydrogen (secondary N) is 1. The van der Waals surface area contributed by atoms with Gasteiger partial charge in [0.25, 0.3) is 5.91 Å². The van der Waals surface area contributed by atoms with E-state index in [-0.39, 0.29) is 24.1 Å². The van der Waals surface area contributed by atoms with Crippen molar-refractivity contribution < 1.29 is 24.3 Å². The predicted octanol–water partition coefficient (Wildman–Crippen LogP) is 2.07. The summed E-state index contributed by atoms with van der Waals surface area (Å²) in [4.78, 5) is 34.4. The molecule has 0 unspecified atom stereocenters. The largest absolute Gasteiger partial charge is 0.397 e. The summed E-state index contributed by atoms with van der Waals surface area (Å²) in [5.74, 6) is -0.806. The molecule has 3 aromatic rings. The summed E-state index contributed by atoms with van der Waals surface area (Å²) < 4.78 is 12.3. The second kappa shape index (κ2) is 10.6. The van der Waals surface area contributed by atoms with Crippen molar-refractivity contribution in [3.8, 4) is 11.1 Å². The molecule has 3 heterocycles. The molecule has 1 saturated carbocycles. The Bertz CT molecular complexity index is 1330. The van der Waals surface area contributed by atoms with E-state index in [9.17, 15) is 14.8 Å². The van der Waals surface area contributed by atoms with E-state index in [4.69, 9.17) is 25.9 Å². The van der Waals surface area contributed by atoms with Crippen LogP contribution in [0.2, 0.25) is 0 Å². The lowest BCUT2D eigenvalue weighted by Gasteiger charge is -2.38. The Morgan fingerprint density at radius 2 is 2.00 bits per heavy atom. The van der Waals surface area contributed by atoms with Crippen molar-refractivity contribution in [2.45, 2.75) is 44.1 Å². The van der Waals surface area contributed by atoms with Gasteiger partial charge in [-0.25, -0.2) is 10.5 Å². The number of ether oxygens (including phenoxy) is 2. The number of hydroxylamine groups is 1. The first-order valence-corrected chi connectivity index (χ1v) is 11.9. The van der Waals surface area contributed by atoms with Gasteiger partial charge in [0, 0.05) is 30.4 Å². The van der Waals surface area contributed by atoms with Gasteiger partial charge in [-0.3, -0.25) is 19.8 Å². The molecule has 0 radical (unpaired) electrons. The standard InChI is InChI=1S/C25H31N7O5/c1-14(26)19-5-4-17(12-28-19)18-13-29-32-22(27)20(15(2)33)21(30-23(18)32)16-6-8-25(9-7-16,24(34)31-35)37-11-10-36-3/h4-5,12-13,16,35H,1,6-11,26-27H2,2-3H3,(H,31,34). The minimum atomic E-state index is -1.20. The molecular formula is C25H31N7O5. The molecule has 0 atom stereocenters. The Balaban J connectivity index is 1.72. The first kappa shape index (κ1) is 26.2.